The van der Waals surface area contributed by atoms with Crippen molar-refractivity contribution in [3.05, 3.63) is 88.9 Å². The predicted molar refractivity (Wildman–Crippen MR) is 165 cm³/mol. The van der Waals surface area contributed by atoms with E-state index in [0.717, 1.165) is 41.1 Å². The van der Waals surface area contributed by atoms with Gasteiger partial charge in [0.15, 0.2) is 0 Å². The number of anilines is 1. The summed E-state index contributed by atoms with van der Waals surface area (Å²) in [4.78, 5) is 29.0. The number of nitrogens with one attached hydrogen (secondary N) is 1. The van der Waals surface area contributed by atoms with E-state index in [1.165, 1.54) is 17.0 Å². The molecule has 1 aliphatic carbocycles. The molecule has 10 heteroatoms. The van der Waals surface area contributed by atoms with Gasteiger partial charge in [0.2, 0.25) is 11.8 Å². The molecule has 1 N–H and O–H groups in total. The molecule has 3 aromatic rings. The Morgan fingerprint density at radius 3 is 2.29 bits per heavy atom. The Hall–Kier alpha value is -3.56. The SMILES string of the molecule is CCOc1ccccc1N(CC(=O)N(Cc1ccc(Cl)cc1)C(C)C(=O)NC1CCCC1)S(=O)(=O)c1ccc(C)cc1. The highest BCUT2D eigenvalue weighted by molar-refractivity contribution is 7.92. The first kappa shape index (κ1) is 31.4. The molecule has 1 atom stereocenters. The summed E-state index contributed by atoms with van der Waals surface area (Å²) in [5.74, 6) is -0.465. The van der Waals surface area contributed by atoms with Gasteiger partial charge in [-0.25, -0.2) is 8.42 Å². The molecule has 0 heterocycles. The molecule has 3 aromatic carbocycles. The average Bonchev–Trinajstić information content (AvgIpc) is 3.49. The van der Waals surface area contributed by atoms with Crippen molar-refractivity contribution in [2.24, 2.45) is 0 Å². The van der Waals surface area contributed by atoms with Crippen molar-refractivity contribution in [1.82, 2.24) is 10.2 Å². The molecule has 8 nitrogen and oxygen atoms in total. The molecule has 0 aliphatic heterocycles. The molecule has 1 unspecified atom stereocenters. The number of halogens is 1. The Kier molecular flexibility index (Phi) is 10.5. The molecule has 1 saturated carbocycles. The van der Waals surface area contributed by atoms with E-state index in [9.17, 15) is 18.0 Å². The maximum Gasteiger partial charge on any atom is 0.264 e. The van der Waals surface area contributed by atoms with Gasteiger partial charge in [0.25, 0.3) is 10.0 Å². The molecule has 0 radical (unpaired) electrons. The van der Waals surface area contributed by atoms with Crippen LogP contribution in [0.15, 0.2) is 77.7 Å². The summed E-state index contributed by atoms with van der Waals surface area (Å²) < 4.78 is 35.0. The lowest BCUT2D eigenvalue weighted by Crippen LogP contribution is -2.52. The Labute approximate surface area is 253 Å². The molecule has 0 spiro atoms. The van der Waals surface area contributed by atoms with Crippen molar-refractivity contribution < 1.29 is 22.7 Å². The maximum absolute atomic E-state index is 14.2. The fourth-order valence-electron chi connectivity index (χ4n) is 5.05. The summed E-state index contributed by atoms with van der Waals surface area (Å²) in [6.07, 6.45) is 3.91. The summed E-state index contributed by atoms with van der Waals surface area (Å²) in [6.45, 7) is 5.22. The Bertz CT molecular complexity index is 1470. The monoisotopic (exact) mass is 611 g/mol. The lowest BCUT2D eigenvalue weighted by Gasteiger charge is -2.33. The van der Waals surface area contributed by atoms with E-state index in [1.54, 1.807) is 74.5 Å². The highest BCUT2D eigenvalue weighted by Crippen LogP contribution is 2.33. The van der Waals surface area contributed by atoms with Crippen LogP contribution in [0.2, 0.25) is 5.02 Å². The van der Waals surface area contributed by atoms with Crippen LogP contribution in [-0.2, 0) is 26.2 Å². The fraction of sp³-hybridized carbons (Fsp3) is 0.375. The molecule has 2 amide bonds. The topological polar surface area (TPSA) is 96.0 Å². The van der Waals surface area contributed by atoms with E-state index in [4.69, 9.17) is 16.3 Å². The second-order valence-corrected chi connectivity index (χ2v) is 12.8. The summed E-state index contributed by atoms with van der Waals surface area (Å²) in [5, 5.41) is 3.62. The van der Waals surface area contributed by atoms with Crippen LogP contribution in [-0.4, -0.2) is 50.4 Å². The number of rotatable bonds is 12. The zero-order valence-corrected chi connectivity index (χ0v) is 25.8. The number of hydrogen-bond donors (Lipinski definition) is 1. The Balaban J connectivity index is 1.72. The number of para-hydroxylation sites is 2. The van der Waals surface area contributed by atoms with Crippen molar-refractivity contribution >= 4 is 39.1 Å². The minimum Gasteiger partial charge on any atom is -0.492 e. The zero-order valence-electron chi connectivity index (χ0n) is 24.3. The van der Waals surface area contributed by atoms with Gasteiger partial charge in [-0.3, -0.25) is 13.9 Å². The molecular weight excluding hydrogens is 574 g/mol. The van der Waals surface area contributed by atoms with Gasteiger partial charge >= 0.3 is 0 Å². The van der Waals surface area contributed by atoms with Gasteiger partial charge in [-0.2, -0.15) is 0 Å². The van der Waals surface area contributed by atoms with Crippen LogP contribution < -0.4 is 14.4 Å². The van der Waals surface area contributed by atoms with E-state index < -0.39 is 28.5 Å². The van der Waals surface area contributed by atoms with Crippen molar-refractivity contribution in [3.8, 4) is 5.75 Å². The first-order valence-corrected chi connectivity index (χ1v) is 16.1. The molecule has 4 rings (SSSR count). The summed E-state index contributed by atoms with van der Waals surface area (Å²) in [5.41, 5.74) is 1.90. The van der Waals surface area contributed by atoms with Crippen molar-refractivity contribution in [1.29, 1.82) is 0 Å². The van der Waals surface area contributed by atoms with Crippen LogP contribution in [0.3, 0.4) is 0 Å². The Morgan fingerprint density at radius 2 is 1.64 bits per heavy atom. The van der Waals surface area contributed by atoms with E-state index in [1.807, 2.05) is 6.92 Å². The van der Waals surface area contributed by atoms with Crippen LogP contribution in [0.25, 0.3) is 0 Å². The number of ether oxygens (including phenoxy) is 1. The van der Waals surface area contributed by atoms with Crippen LogP contribution >= 0.6 is 11.6 Å². The van der Waals surface area contributed by atoms with Crippen LogP contribution in [0.5, 0.6) is 5.75 Å². The number of hydrogen-bond acceptors (Lipinski definition) is 5. The summed E-state index contributed by atoms with van der Waals surface area (Å²) in [7, 11) is -4.20. The Morgan fingerprint density at radius 1 is 1.00 bits per heavy atom. The molecular formula is C32H38ClN3O5S. The predicted octanol–water partition coefficient (Wildman–Crippen LogP) is 5.72. The third-order valence-electron chi connectivity index (χ3n) is 7.46. The highest BCUT2D eigenvalue weighted by atomic mass is 35.5. The third-order valence-corrected chi connectivity index (χ3v) is 9.48. The van der Waals surface area contributed by atoms with Gasteiger partial charge < -0.3 is 15.0 Å². The number of carbonyl (C=O) groups excluding carboxylic acids is 2. The number of aryl methyl sites for hydroxylation is 1. The summed E-state index contributed by atoms with van der Waals surface area (Å²) in [6, 6.07) is 19.4. The van der Waals surface area contributed by atoms with E-state index in [-0.39, 0.29) is 29.1 Å². The van der Waals surface area contributed by atoms with Gasteiger partial charge in [0.05, 0.1) is 17.2 Å². The number of nitrogens with zero attached hydrogens (tertiary/aromatic N) is 2. The minimum absolute atomic E-state index is 0.0449. The smallest absolute Gasteiger partial charge is 0.264 e. The van der Waals surface area contributed by atoms with Crippen LogP contribution in [0, 0.1) is 6.92 Å². The van der Waals surface area contributed by atoms with Crippen LogP contribution in [0.1, 0.15) is 50.7 Å². The molecule has 0 aromatic heterocycles. The second-order valence-electron chi connectivity index (χ2n) is 10.5. The zero-order chi connectivity index (χ0) is 30.3. The molecule has 1 aliphatic rings. The lowest BCUT2D eigenvalue weighted by molar-refractivity contribution is -0.139. The van der Waals surface area contributed by atoms with E-state index in [0.29, 0.717) is 17.4 Å². The number of benzene rings is 3. The van der Waals surface area contributed by atoms with Crippen LogP contribution in [0.4, 0.5) is 5.69 Å². The molecule has 1 fully saturated rings. The van der Waals surface area contributed by atoms with Crippen molar-refractivity contribution in [3.63, 3.8) is 0 Å². The first-order valence-electron chi connectivity index (χ1n) is 14.3. The number of carbonyl (C=O) groups is 2. The largest absolute Gasteiger partial charge is 0.492 e. The van der Waals surface area contributed by atoms with E-state index >= 15 is 0 Å². The van der Waals surface area contributed by atoms with Gasteiger partial charge in [-0.15, -0.1) is 0 Å². The first-order chi connectivity index (χ1) is 20.1. The summed E-state index contributed by atoms with van der Waals surface area (Å²) >= 11 is 6.08. The van der Waals surface area contributed by atoms with Gasteiger partial charge in [-0.05, 0) is 75.6 Å². The average molecular weight is 612 g/mol. The molecule has 0 bridgehead atoms. The standard InChI is InChI=1S/C32H38ClN3O5S/c1-4-41-30-12-8-7-11-29(30)36(42(39,40)28-19-13-23(2)14-20-28)22-31(37)35(21-25-15-17-26(33)18-16-25)24(3)32(38)34-27-9-5-6-10-27/h7-8,11-20,24,27H,4-6,9-10,21-22H2,1-3H3,(H,34,38). The van der Waals surface area contributed by atoms with Crippen molar-refractivity contribution in [2.45, 2.75) is 70.0 Å². The van der Waals surface area contributed by atoms with Gasteiger partial charge in [0.1, 0.15) is 18.3 Å². The van der Waals surface area contributed by atoms with Gasteiger partial charge in [-0.1, -0.05) is 66.4 Å². The second kappa shape index (κ2) is 14.1. The minimum atomic E-state index is -4.20. The van der Waals surface area contributed by atoms with Gasteiger partial charge in [0, 0.05) is 17.6 Å². The molecule has 0 saturated heterocycles. The number of amides is 2. The normalized spacial score (nSPS) is 14.3. The molecule has 42 heavy (non-hydrogen) atoms. The lowest BCUT2D eigenvalue weighted by atomic mass is 10.1. The molecule has 224 valence electrons. The van der Waals surface area contributed by atoms with E-state index in [2.05, 4.69) is 5.32 Å². The fourth-order valence-corrected chi connectivity index (χ4v) is 6.60. The third kappa shape index (κ3) is 7.63. The number of sulfonamides is 1. The highest BCUT2D eigenvalue weighted by Gasteiger charge is 2.34. The maximum atomic E-state index is 14.2. The quantitative estimate of drug-likeness (QED) is 0.283. The van der Waals surface area contributed by atoms with Crippen molar-refractivity contribution in [2.75, 3.05) is 17.5 Å².